The average molecular weight is 412 g/mol. The van der Waals surface area contributed by atoms with Crippen molar-refractivity contribution >= 4 is 45.0 Å². The van der Waals surface area contributed by atoms with E-state index in [4.69, 9.17) is 4.52 Å². The molecule has 4 rings (SSSR count). The van der Waals surface area contributed by atoms with Gasteiger partial charge >= 0.3 is 0 Å². The molecule has 0 fully saturated rings. The molecular weight excluding hydrogens is 396 g/mol. The third-order valence-electron chi connectivity index (χ3n) is 4.03. The molecule has 0 aliphatic rings. The van der Waals surface area contributed by atoms with Gasteiger partial charge in [0.2, 0.25) is 5.91 Å². The van der Waals surface area contributed by atoms with Crippen LogP contribution in [-0.4, -0.2) is 26.4 Å². The van der Waals surface area contributed by atoms with E-state index < -0.39 is 0 Å². The second-order valence-corrected chi connectivity index (χ2v) is 7.97. The third-order valence-corrected chi connectivity index (χ3v) is 5.86. The van der Waals surface area contributed by atoms with Crippen LogP contribution >= 0.6 is 23.1 Å². The Kier molecular flexibility index (Phi) is 5.01. The molecule has 1 N–H and O–H groups in total. The highest BCUT2D eigenvalue weighted by molar-refractivity contribution is 7.99. The first-order valence-electron chi connectivity index (χ1n) is 8.45. The van der Waals surface area contributed by atoms with Gasteiger partial charge in [0.25, 0.3) is 5.56 Å². The van der Waals surface area contributed by atoms with Crippen LogP contribution in [0.25, 0.3) is 15.9 Å². The zero-order valence-electron chi connectivity index (χ0n) is 15.1. The van der Waals surface area contributed by atoms with E-state index in [-0.39, 0.29) is 17.2 Å². The van der Waals surface area contributed by atoms with Gasteiger partial charge in [0.05, 0.1) is 17.0 Å². The van der Waals surface area contributed by atoms with Crippen LogP contribution in [0.15, 0.2) is 56.3 Å². The van der Waals surface area contributed by atoms with Gasteiger partial charge in [-0.05, 0) is 36.9 Å². The van der Waals surface area contributed by atoms with Crippen LogP contribution in [0.5, 0.6) is 0 Å². The number of thioether (sulfide) groups is 1. The molecule has 1 amide bonds. The van der Waals surface area contributed by atoms with Gasteiger partial charge in [0.15, 0.2) is 11.0 Å². The van der Waals surface area contributed by atoms with Crippen molar-refractivity contribution in [3.63, 3.8) is 0 Å². The predicted octanol–water partition coefficient (Wildman–Crippen LogP) is 3.78. The molecule has 0 aliphatic carbocycles. The van der Waals surface area contributed by atoms with Gasteiger partial charge in [-0.25, -0.2) is 4.98 Å². The minimum Gasteiger partial charge on any atom is -0.360 e. The molecule has 28 heavy (non-hydrogen) atoms. The number of amides is 1. The number of nitrogens with zero attached hydrogens (tertiary/aromatic N) is 3. The molecule has 0 bridgehead atoms. The van der Waals surface area contributed by atoms with Crippen molar-refractivity contribution in [2.45, 2.75) is 19.0 Å². The number of hydrogen-bond acceptors (Lipinski definition) is 7. The highest BCUT2D eigenvalue weighted by Gasteiger charge is 2.17. The SMILES string of the molecule is Cc1cc(NC(=O)CSc2nc3ccsc3c(=O)n2-c2ccccc2C)no1. The molecule has 0 spiro atoms. The first-order chi connectivity index (χ1) is 13.5. The second kappa shape index (κ2) is 7.61. The van der Waals surface area contributed by atoms with Crippen molar-refractivity contribution in [3.8, 4) is 5.69 Å². The van der Waals surface area contributed by atoms with E-state index in [0.717, 1.165) is 11.3 Å². The number of rotatable bonds is 5. The van der Waals surface area contributed by atoms with Crippen LogP contribution in [0, 0.1) is 13.8 Å². The van der Waals surface area contributed by atoms with Crippen molar-refractivity contribution in [2.24, 2.45) is 0 Å². The third kappa shape index (κ3) is 3.58. The fourth-order valence-corrected chi connectivity index (χ4v) is 4.32. The minimum atomic E-state index is -0.255. The molecule has 0 saturated carbocycles. The molecule has 0 atom stereocenters. The van der Waals surface area contributed by atoms with E-state index in [0.29, 0.717) is 27.0 Å². The van der Waals surface area contributed by atoms with Gasteiger partial charge in [-0.2, -0.15) is 0 Å². The van der Waals surface area contributed by atoms with E-state index >= 15 is 0 Å². The summed E-state index contributed by atoms with van der Waals surface area (Å²) in [5.74, 6) is 0.802. The molecule has 0 unspecified atom stereocenters. The monoisotopic (exact) mass is 412 g/mol. The quantitative estimate of drug-likeness (QED) is 0.396. The van der Waals surface area contributed by atoms with Crippen LogP contribution in [0.4, 0.5) is 5.82 Å². The number of aromatic nitrogens is 3. The summed E-state index contributed by atoms with van der Waals surface area (Å²) < 4.78 is 7.11. The molecule has 1 aromatic carbocycles. The maximum absolute atomic E-state index is 13.1. The van der Waals surface area contributed by atoms with Gasteiger partial charge in [0, 0.05) is 6.07 Å². The summed E-state index contributed by atoms with van der Waals surface area (Å²) in [5.41, 5.74) is 2.20. The van der Waals surface area contributed by atoms with Crippen LogP contribution in [0.3, 0.4) is 0 Å². The summed E-state index contributed by atoms with van der Waals surface area (Å²) in [6.07, 6.45) is 0. The molecular formula is C19H16N4O3S2. The molecule has 0 radical (unpaired) electrons. The first kappa shape index (κ1) is 18.5. The number of nitrogens with one attached hydrogen (secondary N) is 1. The Labute approximate surface area is 168 Å². The molecule has 3 heterocycles. The van der Waals surface area contributed by atoms with Crippen LogP contribution in [0.1, 0.15) is 11.3 Å². The normalized spacial score (nSPS) is 11.1. The standard InChI is InChI=1S/C19H16N4O3S2/c1-11-5-3-4-6-14(11)23-18(25)17-13(7-8-27-17)20-19(23)28-10-16(24)21-15-9-12(2)26-22-15/h3-9H,10H2,1-2H3,(H,21,22,24). The number of fused-ring (bicyclic) bond motifs is 1. The molecule has 0 saturated heterocycles. The Morgan fingerprint density at radius 3 is 2.86 bits per heavy atom. The molecule has 142 valence electrons. The Bertz CT molecular complexity index is 1230. The topological polar surface area (TPSA) is 90.0 Å². The number of carbonyl (C=O) groups is 1. The van der Waals surface area contributed by atoms with E-state index in [1.165, 1.54) is 23.1 Å². The zero-order chi connectivity index (χ0) is 19.7. The first-order valence-corrected chi connectivity index (χ1v) is 10.3. The maximum atomic E-state index is 13.1. The number of anilines is 1. The van der Waals surface area contributed by atoms with Crippen molar-refractivity contribution in [2.75, 3.05) is 11.1 Å². The summed E-state index contributed by atoms with van der Waals surface area (Å²) in [4.78, 5) is 30.0. The fourth-order valence-electron chi connectivity index (χ4n) is 2.75. The number of para-hydroxylation sites is 1. The Hall–Kier alpha value is -2.91. The summed E-state index contributed by atoms with van der Waals surface area (Å²) in [6, 6.07) is 11.1. The van der Waals surface area contributed by atoms with Gasteiger partial charge in [-0.3, -0.25) is 14.2 Å². The van der Waals surface area contributed by atoms with E-state index in [9.17, 15) is 9.59 Å². The Balaban J connectivity index is 1.68. The number of aryl methyl sites for hydroxylation is 2. The Morgan fingerprint density at radius 1 is 1.29 bits per heavy atom. The summed E-state index contributed by atoms with van der Waals surface area (Å²) in [7, 11) is 0. The van der Waals surface area contributed by atoms with Gasteiger partial charge < -0.3 is 9.84 Å². The summed E-state index contributed by atoms with van der Waals surface area (Å²) >= 11 is 2.57. The van der Waals surface area contributed by atoms with Gasteiger partial charge in [0.1, 0.15) is 10.5 Å². The largest absolute Gasteiger partial charge is 0.360 e. The predicted molar refractivity (Wildman–Crippen MR) is 111 cm³/mol. The molecule has 4 aromatic rings. The summed E-state index contributed by atoms with van der Waals surface area (Å²) in [6.45, 7) is 3.69. The Morgan fingerprint density at radius 2 is 2.11 bits per heavy atom. The lowest BCUT2D eigenvalue weighted by Crippen LogP contribution is -2.22. The van der Waals surface area contributed by atoms with Crippen LogP contribution < -0.4 is 10.9 Å². The lowest BCUT2D eigenvalue weighted by atomic mass is 10.2. The van der Waals surface area contributed by atoms with Crippen molar-refractivity contribution in [1.29, 1.82) is 0 Å². The van der Waals surface area contributed by atoms with Crippen molar-refractivity contribution in [1.82, 2.24) is 14.7 Å². The number of benzene rings is 1. The van der Waals surface area contributed by atoms with Crippen molar-refractivity contribution < 1.29 is 9.32 Å². The van der Waals surface area contributed by atoms with Gasteiger partial charge in [-0.15, -0.1) is 11.3 Å². The lowest BCUT2D eigenvalue weighted by Gasteiger charge is -2.13. The van der Waals surface area contributed by atoms with E-state index in [1.807, 2.05) is 42.6 Å². The van der Waals surface area contributed by atoms with Gasteiger partial charge in [-0.1, -0.05) is 35.1 Å². The molecule has 3 aromatic heterocycles. The highest BCUT2D eigenvalue weighted by atomic mass is 32.2. The molecule has 0 aliphatic heterocycles. The van der Waals surface area contributed by atoms with E-state index in [1.54, 1.807) is 17.6 Å². The van der Waals surface area contributed by atoms with E-state index in [2.05, 4.69) is 15.5 Å². The summed E-state index contributed by atoms with van der Waals surface area (Å²) in [5, 5.41) is 8.73. The number of hydrogen-bond donors (Lipinski definition) is 1. The second-order valence-electron chi connectivity index (χ2n) is 6.12. The maximum Gasteiger partial charge on any atom is 0.276 e. The average Bonchev–Trinajstić information content (AvgIpc) is 3.30. The molecule has 7 nitrogen and oxygen atoms in total. The fraction of sp³-hybridized carbons (Fsp3) is 0.158. The highest BCUT2D eigenvalue weighted by Crippen LogP contribution is 2.25. The number of carbonyl (C=O) groups excluding carboxylic acids is 1. The van der Waals surface area contributed by atoms with Crippen molar-refractivity contribution in [3.05, 3.63) is 63.5 Å². The van der Waals surface area contributed by atoms with Crippen LogP contribution in [0.2, 0.25) is 0 Å². The number of thiophene rings is 1. The molecule has 9 heteroatoms. The van der Waals surface area contributed by atoms with Crippen LogP contribution in [-0.2, 0) is 4.79 Å². The smallest absolute Gasteiger partial charge is 0.276 e. The zero-order valence-corrected chi connectivity index (χ0v) is 16.8. The minimum absolute atomic E-state index is 0.0832. The lowest BCUT2D eigenvalue weighted by molar-refractivity contribution is -0.113.